The predicted octanol–water partition coefficient (Wildman–Crippen LogP) is 3.97. The number of aromatic nitrogens is 2. The zero-order valence-electron chi connectivity index (χ0n) is 22.2. The fraction of sp³-hybridized carbons (Fsp3) is 0.414. The summed E-state index contributed by atoms with van der Waals surface area (Å²) in [4.78, 5) is 21.4. The molecule has 3 aromatic rings. The molecular formula is C29H35N5O3S. The third-order valence-electron chi connectivity index (χ3n) is 7.51. The Hall–Kier alpha value is -3.27. The van der Waals surface area contributed by atoms with Crippen LogP contribution in [0.4, 0.5) is 0 Å². The van der Waals surface area contributed by atoms with Gasteiger partial charge in [-0.1, -0.05) is 6.07 Å². The first kappa shape index (κ1) is 26.3. The van der Waals surface area contributed by atoms with Crippen LogP contribution in [-0.2, 0) is 9.47 Å². The molecule has 0 unspecified atom stereocenters. The van der Waals surface area contributed by atoms with Gasteiger partial charge in [0.15, 0.2) is 5.11 Å². The maximum atomic E-state index is 11.9. The SMILES string of the molecule is COC(=O)c1ccc(-n2c(C)cc([C@H]3[C@@H](c4ccccn4)NC(=S)N3CCCN3CCOCC3)c2C)cc1. The number of morpholine rings is 1. The molecule has 2 saturated heterocycles. The van der Waals surface area contributed by atoms with Gasteiger partial charge in [-0.3, -0.25) is 9.88 Å². The summed E-state index contributed by atoms with van der Waals surface area (Å²) >= 11 is 5.89. The van der Waals surface area contributed by atoms with Gasteiger partial charge in [0, 0.05) is 49.5 Å². The number of rotatable bonds is 8. The summed E-state index contributed by atoms with van der Waals surface area (Å²) in [5.74, 6) is -0.338. The van der Waals surface area contributed by atoms with Gasteiger partial charge in [0.2, 0.25) is 0 Å². The maximum absolute atomic E-state index is 11.9. The summed E-state index contributed by atoms with van der Waals surface area (Å²) in [5, 5.41) is 4.34. The van der Waals surface area contributed by atoms with Crippen LogP contribution in [-0.4, -0.2) is 76.9 Å². The van der Waals surface area contributed by atoms with E-state index in [1.165, 1.54) is 12.7 Å². The van der Waals surface area contributed by atoms with Gasteiger partial charge >= 0.3 is 5.97 Å². The highest BCUT2D eigenvalue weighted by Crippen LogP contribution is 2.41. The number of nitrogens with one attached hydrogen (secondary N) is 1. The second-order valence-corrected chi connectivity index (χ2v) is 10.2. The van der Waals surface area contributed by atoms with Gasteiger partial charge < -0.3 is 24.3 Å². The Morgan fingerprint density at radius 2 is 1.89 bits per heavy atom. The normalized spacial score (nSPS) is 20.0. The van der Waals surface area contributed by atoms with Crippen molar-refractivity contribution >= 4 is 23.3 Å². The number of thiocarbonyl (C=S) groups is 1. The van der Waals surface area contributed by atoms with Gasteiger partial charge in [-0.15, -0.1) is 0 Å². The van der Waals surface area contributed by atoms with Crippen molar-refractivity contribution in [2.45, 2.75) is 32.4 Å². The molecule has 200 valence electrons. The molecule has 2 fully saturated rings. The van der Waals surface area contributed by atoms with E-state index in [0.717, 1.165) is 73.7 Å². The molecule has 1 aromatic carbocycles. The lowest BCUT2D eigenvalue weighted by molar-refractivity contribution is 0.0365. The monoisotopic (exact) mass is 533 g/mol. The average molecular weight is 534 g/mol. The van der Waals surface area contributed by atoms with E-state index in [-0.39, 0.29) is 18.1 Å². The lowest BCUT2D eigenvalue weighted by atomic mass is 9.96. The zero-order valence-corrected chi connectivity index (χ0v) is 23.0. The van der Waals surface area contributed by atoms with Crippen molar-refractivity contribution in [3.8, 4) is 5.69 Å². The van der Waals surface area contributed by atoms with Crippen LogP contribution in [0.25, 0.3) is 5.69 Å². The maximum Gasteiger partial charge on any atom is 0.337 e. The van der Waals surface area contributed by atoms with Crippen molar-refractivity contribution in [1.29, 1.82) is 0 Å². The van der Waals surface area contributed by atoms with Gasteiger partial charge in [-0.25, -0.2) is 4.79 Å². The summed E-state index contributed by atoms with van der Waals surface area (Å²) in [6.07, 6.45) is 2.85. The van der Waals surface area contributed by atoms with E-state index in [2.05, 4.69) is 50.6 Å². The van der Waals surface area contributed by atoms with E-state index in [0.29, 0.717) is 5.56 Å². The van der Waals surface area contributed by atoms with Gasteiger partial charge in [-0.2, -0.15) is 0 Å². The summed E-state index contributed by atoms with van der Waals surface area (Å²) in [6, 6.07) is 15.8. The third kappa shape index (κ3) is 5.32. The minimum absolute atomic E-state index is 0.0105. The topological polar surface area (TPSA) is 71.9 Å². The first-order chi connectivity index (χ1) is 18.5. The number of esters is 1. The zero-order chi connectivity index (χ0) is 26.6. The minimum Gasteiger partial charge on any atom is -0.465 e. The molecule has 0 aliphatic carbocycles. The number of benzene rings is 1. The lowest BCUT2D eigenvalue weighted by Gasteiger charge is -2.30. The molecular weight excluding hydrogens is 498 g/mol. The first-order valence-electron chi connectivity index (χ1n) is 13.1. The Kier molecular flexibility index (Phi) is 8.06. The Bertz CT molecular complexity index is 1270. The number of aryl methyl sites for hydroxylation is 1. The largest absolute Gasteiger partial charge is 0.465 e. The molecule has 38 heavy (non-hydrogen) atoms. The second-order valence-electron chi connectivity index (χ2n) is 9.83. The molecule has 0 saturated carbocycles. The van der Waals surface area contributed by atoms with Crippen molar-refractivity contribution in [2.75, 3.05) is 46.5 Å². The molecule has 5 rings (SSSR count). The fourth-order valence-corrected chi connectivity index (χ4v) is 5.95. The van der Waals surface area contributed by atoms with Gasteiger partial charge in [0.25, 0.3) is 0 Å². The van der Waals surface area contributed by atoms with Gasteiger partial charge in [0.05, 0.1) is 43.7 Å². The molecule has 0 spiro atoms. The van der Waals surface area contributed by atoms with E-state index in [1.807, 2.05) is 30.5 Å². The quantitative estimate of drug-likeness (QED) is 0.345. The van der Waals surface area contributed by atoms with Crippen LogP contribution in [0.5, 0.6) is 0 Å². The van der Waals surface area contributed by atoms with Crippen LogP contribution in [0.2, 0.25) is 0 Å². The Labute approximate surface area is 229 Å². The standard InChI is InChI=1S/C29H35N5O3S/c1-20-19-24(21(2)34(20)23-10-8-22(9-11-23)28(35)36-3)27-26(25-7-4-5-12-30-25)31-29(38)33(27)14-6-13-32-15-17-37-18-16-32/h4-5,7-12,19,26-27H,6,13-18H2,1-3H3,(H,31,38)/t26-,27+/m1/s1. The van der Waals surface area contributed by atoms with E-state index >= 15 is 0 Å². The number of hydrogen-bond acceptors (Lipinski definition) is 6. The number of hydrogen-bond donors (Lipinski definition) is 1. The molecule has 8 nitrogen and oxygen atoms in total. The van der Waals surface area contributed by atoms with E-state index in [4.69, 9.17) is 21.7 Å². The van der Waals surface area contributed by atoms with Crippen molar-refractivity contribution in [3.05, 3.63) is 82.9 Å². The minimum atomic E-state index is -0.338. The average Bonchev–Trinajstić information content (AvgIpc) is 3.43. The number of pyridine rings is 1. The molecule has 2 aromatic heterocycles. The van der Waals surface area contributed by atoms with E-state index in [9.17, 15) is 4.79 Å². The predicted molar refractivity (Wildman–Crippen MR) is 151 cm³/mol. The van der Waals surface area contributed by atoms with Crippen molar-refractivity contribution in [3.63, 3.8) is 0 Å². The van der Waals surface area contributed by atoms with Crippen LogP contribution >= 0.6 is 12.2 Å². The molecule has 9 heteroatoms. The van der Waals surface area contributed by atoms with Crippen molar-refractivity contribution in [2.24, 2.45) is 0 Å². The van der Waals surface area contributed by atoms with Crippen LogP contribution < -0.4 is 5.32 Å². The number of carbonyl (C=O) groups excluding carboxylic acids is 1. The lowest BCUT2D eigenvalue weighted by Crippen LogP contribution is -2.39. The van der Waals surface area contributed by atoms with Crippen molar-refractivity contribution in [1.82, 2.24) is 24.7 Å². The molecule has 4 heterocycles. The van der Waals surface area contributed by atoms with Crippen LogP contribution in [0, 0.1) is 13.8 Å². The Morgan fingerprint density at radius 1 is 1.13 bits per heavy atom. The third-order valence-corrected chi connectivity index (χ3v) is 7.86. The molecule has 1 N–H and O–H groups in total. The summed E-state index contributed by atoms with van der Waals surface area (Å²) in [7, 11) is 1.40. The smallest absolute Gasteiger partial charge is 0.337 e. The molecule has 2 atom stereocenters. The van der Waals surface area contributed by atoms with Gasteiger partial charge in [-0.05, 0) is 80.5 Å². The molecule has 2 aliphatic rings. The van der Waals surface area contributed by atoms with Crippen LogP contribution in [0.15, 0.2) is 54.7 Å². The Morgan fingerprint density at radius 3 is 2.58 bits per heavy atom. The molecule has 0 bridgehead atoms. The van der Waals surface area contributed by atoms with Gasteiger partial charge in [0.1, 0.15) is 0 Å². The van der Waals surface area contributed by atoms with E-state index in [1.54, 1.807) is 12.1 Å². The van der Waals surface area contributed by atoms with Crippen molar-refractivity contribution < 1.29 is 14.3 Å². The molecule has 0 radical (unpaired) electrons. The van der Waals surface area contributed by atoms with Crippen LogP contribution in [0.1, 0.15) is 51.5 Å². The van der Waals surface area contributed by atoms with Crippen LogP contribution in [0.3, 0.4) is 0 Å². The number of carbonyl (C=O) groups is 1. The second kappa shape index (κ2) is 11.6. The molecule has 2 aliphatic heterocycles. The summed E-state index contributed by atoms with van der Waals surface area (Å²) in [6.45, 7) is 9.73. The number of nitrogens with zero attached hydrogens (tertiary/aromatic N) is 4. The number of methoxy groups -OCH3 is 1. The highest BCUT2D eigenvalue weighted by atomic mass is 32.1. The van der Waals surface area contributed by atoms with E-state index < -0.39 is 0 Å². The first-order valence-corrected chi connectivity index (χ1v) is 13.5. The summed E-state index contributed by atoms with van der Waals surface area (Å²) < 4.78 is 12.6. The molecule has 0 amide bonds. The summed E-state index contributed by atoms with van der Waals surface area (Å²) in [5.41, 5.74) is 5.99. The highest BCUT2D eigenvalue weighted by Gasteiger charge is 2.41. The number of ether oxygens (including phenoxy) is 2. The Balaban J connectivity index is 1.46. The highest BCUT2D eigenvalue weighted by molar-refractivity contribution is 7.80. The fourth-order valence-electron chi connectivity index (χ4n) is 5.62.